The van der Waals surface area contributed by atoms with Crippen LogP contribution < -0.4 is 0 Å². The van der Waals surface area contributed by atoms with Crippen LogP contribution in [-0.2, 0) is 4.79 Å². The van der Waals surface area contributed by atoms with E-state index < -0.39 is 5.97 Å². The second-order valence-corrected chi connectivity index (χ2v) is 4.13. The molecule has 1 unspecified atom stereocenters. The van der Waals surface area contributed by atoms with Gasteiger partial charge >= 0.3 is 5.97 Å². The summed E-state index contributed by atoms with van der Waals surface area (Å²) in [4.78, 5) is 12.5. The van der Waals surface area contributed by atoms with E-state index in [1.54, 1.807) is 0 Å². The normalized spacial score (nSPS) is 13.0. The maximum absolute atomic E-state index is 10.3. The van der Waals surface area contributed by atoms with Crippen molar-refractivity contribution < 1.29 is 15.0 Å². The molecule has 1 atom stereocenters. The Bertz CT molecular complexity index is 181. The fraction of sp³-hybridized carbons (Fsp3) is 0.917. The van der Waals surface area contributed by atoms with Crippen LogP contribution in [0.3, 0.4) is 0 Å². The lowest BCUT2D eigenvalue weighted by Crippen LogP contribution is -2.32. The standard InChI is InChI=1S/C12H25NO3/c1-3-13(4-2)10-11(14)8-6-5-7-9-12(15)16/h11,14H,3-10H2,1-2H3,(H,15,16). The molecule has 0 spiro atoms. The number of likely N-dealkylation sites (N-methyl/N-ethyl adjacent to an activating group) is 1. The number of nitrogens with zero attached hydrogens (tertiary/aromatic N) is 1. The number of rotatable bonds is 10. The molecule has 0 saturated carbocycles. The second-order valence-electron chi connectivity index (χ2n) is 4.13. The summed E-state index contributed by atoms with van der Waals surface area (Å²) >= 11 is 0. The molecule has 0 aliphatic heterocycles. The zero-order chi connectivity index (χ0) is 12.4. The first-order valence-corrected chi connectivity index (χ1v) is 6.22. The molecule has 2 N–H and O–H groups in total. The highest BCUT2D eigenvalue weighted by molar-refractivity contribution is 5.66. The van der Waals surface area contributed by atoms with Crippen LogP contribution in [0.15, 0.2) is 0 Å². The van der Waals surface area contributed by atoms with Gasteiger partial charge in [-0.05, 0) is 25.9 Å². The highest BCUT2D eigenvalue weighted by Gasteiger charge is 2.08. The van der Waals surface area contributed by atoms with Crippen LogP contribution in [0.4, 0.5) is 0 Å². The van der Waals surface area contributed by atoms with Crippen LogP contribution in [0.2, 0.25) is 0 Å². The van der Waals surface area contributed by atoms with Crippen LogP contribution in [0, 0.1) is 0 Å². The third-order valence-electron chi connectivity index (χ3n) is 2.79. The van der Waals surface area contributed by atoms with Gasteiger partial charge < -0.3 is 15.1 Å². The first kappa shape index (κ1) is 15.4. The lowest BCUT2D eigenvalue weighted by molar-refractivity contribution is -0.137. The minimum atomic E-state index is -0.733. The van der Waals surface area contributed by atoms with Gasteiger partial charge in [0.2, 0.25) is 0 Å². The lowest BCUT2D eigenvalue weighted by Gasteiger charge is -2.21. The Morgan fingerprint density at radius 3 is 2.31 bits per heavy atom. The second kappa shape index (κ2) is 9.60. The van der Waals surface area contributed by atoms with Crippen molar-refractivity contribution in [2.45, 2.75) is 52.1 Å². The van der Waals surface area contributed by atoms with E-state index >= 15 is 0 Å². The Morgan fingerprint density at radius 2 is 1.81 bits per heavy atom. The number of unbranched alkanes of at least 4 members (excludes halogenated alkanes) is 2. The van der Waals surface area contributed by atoms with Crippen LogP contribution in [-0.4, -0.2) is 46.8 Å². The third-order valence-corrected chi connectivity index (χ3v) is 2.79. The SMILES string of the molecule is CCN(CC)CC(O)CCCCCC(=O)O. The van der Waals surface area contributed by atoms with Gasteiger partial charge in [-0.25, -0.2) is 0 Å². The molecule has 0 heterocycles. The summed E-state index contributed by atoms with van der Waals surface area (Å²) in [6.45, 7) is 6.83. The number of carboxylic acid groups (broad SMARTS) is 1. The number of aliphatic carboxylic acids is 1. The summed E-state index contributed by atoms with van der Waals surface area (Å²) in [5, 5.41) is 18.2. The monoisotopic (exact) mass is 231 g/mol. The molecule has 0 saturated heterocycles. The molecule has 0 amide bonds. The maximum Gasteiger partial charge on any atom is 0.303 e. The van der Waals surface area contributed by atoms with E-state index in [0.29, 0.717) is 6.42 Å². The molecule has 0 aliphatic rings. The summed E-state index contributed by atoms with van der Waals surface area (Å²) in [5.41, 5.74) is 0. The molecule has 16 heavy (non-hydrogen) atoms. The number of carbonyl (C=O) groups is 1. The van der Waals surface area contributed by atoms with Gasteiger partial charge in [-0.2, -0.15) is 0 Å². The topological polar surface area (TPSA) is 60.8 Å². The van der Waals surface area contributed by atoms with Gasteiger partial charge in [0, 0.05) is 13.0 Å². The van der Waals surface area contributed by atoms with Crippen LogP contribution in [0.5, 0.6) is 0 Å². The van der Waals surface area contributed by atoms with Gasteiger partial charge in [0.15, 0.2) is 0 Å². The Morgan fingerprint density at radius 1 is 1.19 bits per heavy atom. The van der Waals surface area contributed by atoms with Crippen molar-refractivity contribution in [3.8, 4) is 0 Å². The third kappa shape index (κ3) is 8.68. The van der Waals surface area contributed by atoms with E-state index in [0.717, 1.165) is 38.9 Å². The minimum absolute atomic E-state index is 0.242. The quantitative estimate of drug-likeness (QED) is 0.562. The van der Waals surface area contributed by atoms with E-state index in [1.165, 1.54) is 0 Å². The first-order valence-electron chi connectivity index (χ1n) is 6.22. The fourth-order valence-corrected chi connectivity index (χ4v) is 1.70. The van der Waals surface area contributed by atoms with Crippen LogP contribution in [0.25, 0.3) is 0 Å². The fourth-order valence-electron chi connectivity index (χ4n) is 1.70. The highest BCUT2D eigenvalue weighted by Crippen LogP contribution is 2.07. The molecule has 0 radical (unpaired) electrons. The van der Waals surface area contributed by atoms with E-state index in [-0.39, 0.29) is 12.5 Å². The molecule has 0 fully saturated rings. The summed E-state index contributed by atoms with van der Waals surface area (Å²) in [7, 11) is 0. The van der Waals surface area contributed by atoms with Gasteiger partial charge in [-0.1, -0.05) is 26.7 Å². The van der Waals surface area contributed by atoms with E-state index in [2.05, 4.69) is 18.7 Å². The molecule has 0 rings (SSSR count). The average Bonchev–Trinajstić information content (AvgIpc) is 2.25. The van der Waals surface area contributed by atoms with Gasteiger partial charge in [-0.15, -0.1) is 0 Å². The summed E-state index contributed by atoms with van der Waals surface area (Å²) in [6, 6.07) is 0. The van der Waals surface area contributed by atoms with Gasteiger partial charge in [0.05, 0.1) is 6.10 Å². The molecule has 0 aromatic rings. The molecule has 4 nitrogen and oxygen atoms in total. The predicted molar refractivity (Wildman–Crippen MR) is 64.5 cm³/mol. The lowest BCUT2D eigenvalue weighted by atomic mass is 10.1. The van der Waals surface area contributed by atoms with E-state index in [9.17, 15) is 9.90 Å². The maximum atomic E-state index is 10.3. The smallest absolute Gasteiger partial charge is 0.303 e. The molecular formula is C12H25NO3. The molecule has 0 aliphatic carbocycles. The molecule has 0 aromatic carbocycles. The molecule has 0 bridgehead atoms. The van der Waals surface area contributed by atoms with Gasteiger partial charge in [0.25, 0.3) is 0 Å². The first-order chi connectivity index (χ1) is 7.60. The van der Waals surface area contributed by atoms with E-state index in [1.807, 2.05) is 0 Å². The Balaban J connectivity index is 3.42. The number of hydrogen-bond acceptors (Lipinski definition) is 3. The number of aliphatic hydroxyl groups is 1. The van der Waals surface area contributed by atoms with Crippen molar-refractivity contribution >= 4 is 5.97 Å². The van der Waals surface area contributed by atoms with Gasteiger partial charge in [0.1, 0.15) is 0 Å². The zero-order valence-electron chi connectivity index (χ0n) is 10.5. The van der Waals surface area contributed by atoms with Crippen molar-refractivity contribution in [1.82, 2.24) is 4.90 Å². The van der Waals surface area contributed by atoms with Crippen molar-refractivity contribution in [2.75, 3.05) is 19.6 Å². The number of aliphatic hydroxyl groups excluding tert-OH is 1. The van der Waals surface area contributed by atoms with Crippen molar-refractivity contribution in [3.63, 3.8) is 0 Å². The van der Waals surface area contributed by atoms with Crippen molar-refractivity contribution in [3.05, 3.63) is 0 Å². The molecule has 4 heteroatoms. The summed E-state index contributed by atoms with van der Waals surface area (Å²) < 4.78 is 0. The molecule has 96 valence electrons. The molecule has 0 aromatic heterocycles. The predicted octanol–water partition coefficient (Wildman–Crippen LogP) is 1.72. The van der Waals surface area contributed by atoms with Crippen molar-refractivity contribution in [1.29, 1.82) is 0 Å². The Kier molecular flexibility index (Phi) is 9.24. The number of carboxylic acids is 1. The Labute approximate surface area is 98.3 Å². The van der Waals surface area contributed by atoms with Crippen molar-refractivity contribution in [2.24, 2.45) is 0 Å². The zero-order valence-corrected chi connectivity index (χ0v) is 10.5. The van der Waals surface area contributed by atoms with Crippen LogP contribution >= 0.6 is 0 Å². The largest absolute Gasteiger partial charge is 0.481 e. The highest BCUT2D eigenvalue weighted by atomic mass is 16.4. The van der Waals surface area contributed by atoms with Gasteiger partial charge in [-0.3, -0.25) is 4.79 Å². The summed E-state index contributed by atoms with van der Waals surface area (Å²) in [6.07, 6.45) is 3.26. The Hall–Kier alpha value is -0.610. The number of hydrogen-bond donors (Lipinski definition) is 2. The molecular weight excluding hydrogens is 206 g/mol. The van der Waals surface area contributed by atoms with E-state index in [4.69, 9.17) is 5.11 Å². The van der Waals surface area contributed by atoms with Crippen LogP contribution in [0.1, 0.15) is 46.0 Å². The average molecular weight is 231 g/mol. The minimum Gasteiger partial charge on any atom is -0.481 e. The summed E-state index contributed by atoms with van der Waals surface area (Å²) in [5.74, 6) is -0.733.